The van der Waals surface area contributed by atoms with E-state index in [1.165, 1.54) is 36.2 Å². The van der Waals surface area contributed by atoms with Gasteiger partial charge in [-0.05, 0) is 30.3 Å². The quantitative estimate of drug-likeness (QED) is 0.819. The molecule has 0 saturated heterocycles. The molecule has 2 rings (SSSR count). The molecule has 21 heavy (non-hydrogen) atoms. The molecule has 0 aliphatic heterocycles. The average Bonchev–Trinajstić information content (AvgIpc) is 2.48. The van der Waals surface area contributed by atoms with Gasteiger partial charge in [-0.15, -0.1) is 0 Å². The van der Waals surface area contributed by atoms with Crippen LogP contribution in [-0.2, 0) is 6.54 Å². The Morgan fingerprint density at radius 3 is 2.86 bits per heavy atom. The van der Waals surface area contributed by atoms with Gasteiger partial charge in [0.1, 0.15) is 16.7 Å². The van der Waals surface area contributed by atoms with Gasteiger partial charge in [-0.3, -0.25) is 4.79 Å². The van der Waals surface area contributed by atoms with Gasteiger partial charge in [0.05, 0.1) is 11.6 Å². The summed E-state index contributed by atoms with van der Waals surface area (Å²) in [5.74, 6) is -0.841. The number of halogens is 2. The minimum atomic E-state index is -0.465. The normalized spacial score (nSPS) is 10.0. The standard InChI is InChI=1S/C15H11ClFN3O/c1-20(15(21)13-3-2-4-14(16)19-13)9-11-7-10(8-18)5-6-12(11)17/h2-7H,9H2,1H3. The van der Waals surface area contributed by atoms with Gasteiger partial charge in [0.2, 0.25) is 0 Å². The van der Waals surface area contributed by atoms with E-state index < -0.39 is 5.82 Å². The number of hydrogen-bond donors (Lipinski definition) is 0. The van der Waals surface area contributed by atoms with Gasteiger partial charge in [-0.2, -0.15) is 5.26 Å². The molecular weight excluding hydrogens is 293 g/mol. The van der Waals surface area contributed by atoms with Gasteiger partial charge in [0.15, 0.2) is 0 Å². The molecule has 1 aromatic carbocycles. The lowest BCUT2D eigenvalue weighted by atomic mass is 10.1. The summed E-state index contributed by atoms with van der Waals surface area (Å²) in [6.07, 6.45) is 0. The summed E-state index contributed by atoms with van der Waals surface area (Å²) < 4.78 is 13.7. The zero-order valence-electron chi connectivity index (χ0n) is 11.2. The van der Waals surface area contributed by atoms with Crippen LogP contribution in [0.25, 0.3) is 0 Å². The molecule has 0 unspecified atom stereocenters. The van der Waals surface area contributed by atoms with Gasteiger partial charge in [0, 0.05) is 19.2 Å². The van der Waals surface area contributed by atoms with E-state index in [-0.39, 0.29) is 28.9 Å². The van der Waals surface area contributed by atoms with Crippen molar-refractivity contribution in [1.82, 2.24) is 9.88 Å². The molecule has 6 heteroatoms. The maximum atomic E-state index is 13.7. The number of nitrogens with zero attached hydrogens (tertiary/aromatic N) is 3. The fourth-order valence-electron chi connectivity index (χ4n) is 1.82. The number of amides is 1. The van der Waals surface area contributed by atoms with Crippen LogP contribution in [0.3, 0.4) is 0 Å². The number of hydrogen-bond acceptors (Lipinski definition) is 3. The summed E-state index contributed by atoms with van der Waals surface area (Å²) in [7, 11) is 1.53. The maximum absolute atomic E-state index is 13.7. The summed E-state index contributed by atoms with van der Waals surface area (Å²) >= 11 is 5.74. The Hall–Kier alpha value is -2.45. The summed E-state index contributed by atoms with van der Waals surface area (Å²) in [4.78, 5) is 17.4. The molecule has 0 spiro atoms. The van der Waals surface area contributed by atoms with Gasteiger partial charge in [0.25, 0.3) is 5.91 Å². The molecule has 0 N–H and O–H groups in total. The topological polar surface area (TPSA) is 57.0 Å². The molecule has 106 valence electrons. The van der Waals surface area contributed by atoms with Crippen molar-refractivity contribution < 1.29 is 9.18 Å². The zero-order valence-corrected chi connectivity index (χ0v) is 11.9. The van der Waals surface area contributed by atoms with E-state index in [2.05, 4.69) is 4.98 Å². The molecule has 1 amide bonds. The molecule has 0 saturated carbocycles. The highest BCUT2D eigenvalue weighted by atomic mass is 35.5. The smallest absolute Gasteiger partial charge is 0.272 e. The largest absolute Gasteiger partial charge is 0.336 e. The molecule has 0 bridgehead atoms. The van der Waals surface area contributed by atoms with Crippen LogP contribution < -0.4 is 0 Å². The van der Waals surface area contributed by atoms with Crippen LogP contribution in [0.1, 0.15) is 21.6 Å². The van der Waals surface area contributed by atoms with Crippen molar-refractivity contribution in [1.29, 1.82) is 5.26 Å². The fraction of sp³-hybridized carbons (Fsp3) is 0.133. The van der Waals surface area contributed by atoms with Crippen LogP contribution in [0.15, 0.2) is 36.4 Å². The minimum Gasteiger partial charge on any atom is -0.336 e. The van der Waals surface area contributed by atoms with E-state index in [0.717, 1.165) is 0 Å². The molecule has 0 radical (unpaired) electrons. The van der Waals surface area contributed by atoms with Crippen molar-refractivity contribution >= 4 is 17.5 Å². The van der Waals surface area contributed by atoms with Gasteiger partial charge in [-0.25, -0.2) is 9.37 Å². The third-order valence-electron chi connectivity index (χ3n) is 2.86. The van der Waals surface area contributed by atoms with Crippen molar-refractivity contribution in [2.45, 2.75) is 6.54 Å². The Morgan fingerprint density at radius 2 is 2.19 bits per heavy atom. The van der Waals surface area contributed by atoms with Crippen molar-refractivity contribution in [3.63, 3.8) is 0 Å². The first-order valence-corrected chi connectivity index (χ1v) is 6.45. The van der Waals surface area contributed by atoms with Crippen molar-refractivity contribution in [3.8, 4) is 6.07 Å². The molecule has 4 nitrogen and oxygen atoms in total. The number of rotatable bonds is 3. The van der Waals surface area contributed by atoms with Crippen LogP contribution in [0.2, 0.25) is 5.15 Å². The second-order valence-corrected chi connectivity index (χ2v) is 4.81. The number of nitriles is 1. The van der Waals surface area contributed by atoms with Crippen LogP contribution in [-0.4, -0.2) is 22.8 Å². The minimum absolute atomic E-state index is 0.0361. The second-order valence-electron chi connectivity index (χ2n) is 4.42. The van der Waals surface area contributed by atoms with E-state index in [4.69, 9.17) is 16.9 Å². The highest BCUT2D eigenvalue weighted by Gasteiger charge is 2.15. The van der Waals surface area contributed by atoms with Crippen LogP contribution in [0.5, 0.6) is 0 Å². The monoisotopic (exact) mass is 303 g/mol. The van der Waals surface area contributed by atoms with E-state index >= 15 is 0 Å². The molecule has 1 heterocycles. The highest BCUT2D eigenvalue weighted by Crippen LogP contribution is 2.14. The first-order valence-electron chi connectivity index (χ1n) is 6.08. The van der Waals surface area contributed by atoms with Crippen molar-refractivity contribution in [2.24, 2.45) is 0 Å². The van der Waals surface area contributed by atoms with Gasteiger partial charge < -0.3 is 4.90 Å². The van der Waals surface area contributed by atoms with Gasteiger partial charge in [-0.1, -0.05) is 17.7 Å². The lowest BCUT2D eigenvalue weighted by molar-refractivity contribution is 0.0778. The molecule has 0 fully saturated rings. The fourth-order valence-corrected chi connectivity index (χ4v) is 1.98. The maximum Gasteiger partial charge on any atom is 0.272 e. The molecule has 0 atom stereocenters. The second kappa shape index (κ2) is 6.33. The van der Waals surface area contributed by atoms with E-state index in [9.17, 15) is 9.18 Å². The molecular formula is C15H11ClFN3O. The first kappa shape index (κ1) is 14.9. The summed E-state index contributed by atoms with van der Waals surface area (Å²) in [6, 6.07) is 10.7. The number of carbonyl (C=O) groups excluding carboxylic acids is 1. The lowest BCUT2D eigenvalue weighted by Gasteiger charge is -2.17. The van der Waals surface area contributed by atoms with Crippen molar-refractivity contribution in [2.75, 3.05) is 7.05 Å². The van der Waals surface area contributed by atoms with E-state index in [1.807, 2.05) is 6.07 Å². The number of aromatic nitrogens is 1. The SMILES string of the molecule is CN(Cc1cc(C#N)ccc1F)C(=O)c1cccc(Cl)n1. The first-order chi connectivity index (χ1) is 10.0. The Bertz CT molecular complexity index is 727. The van der Waals surface area contributed by atoms with Crippen LogP contribution in [0.4, 0.5) is 4.39 Å². The predicted molar refractivity (Wildman–Crippen MR) is 76.2 cm³/mol. The van der Waals surface area contributed by atoms with E-state index in [0.29, 0.717) is 5.56 Å². The molecule has 0 aliphatic carbocycles. The summed E-state index contributed by atoms with van der Waals surface area (Å²) in [6.45, 7) is 0.0361. The van der Waals surface area contributed by atoms with Crippen LogP contribution in [0, 0.1) is 17.1 Å². The Morgan fingerprint density at radius 1 is 1.43 bits per heavy atom. The third kappa shape index (κ3) is 3.56. The zero-order chi connectivity index (χ0) is 15.4. The predicted octanol–water partition coefficient (Wildman–Crippen LogP) is 3.02. The summed E-state index contributed by atoms with van der Waals surface area (Å²) in [5.41, 5.74) is 0.793. The number of benzene rings is 1. The van der Waals surface area contributed by atoms with Crippen LogP contribution >= 0.6 is 11.6 Å². The molecule has 2 aromatic rings. The average molecular weight is 304 g/mol. The summed E-state index contributed by atoms with van der Waals surface area (Å²) in [5, 5.41) is 9.04. The Labute approximate surface area is 126 Å². The molecule has 1 aromatic heterocycles. The van der Waals surface area contributed by atoms with E-state index in [1.54, 1.807) is 12.1 Å². The Kier molecular flexibility index (Phi) is 4.51. The number of carbonyl (C=O) groups is 1. The highest BCUT2D eigenvalue weighted by molar-refractivity contribution is 6.29. The third-order valence-corrected chi connectivity index (χ3v) is 3.07. The lowest BCUT2D eigenvalue weighted by Crippen LogP contribution is -2.27. The van der Waals surface area contributed by atoms with Crippen molar-refractivity contribution in [3.05, 3.63) is 64.2 Å². The van der Waals surface area contributed by atoms with Gasteiger partial charge >= 0.3 is 0 Å². The molecule has 0 aliphatic rings. The number of pyridine rings is 1. The Balaban J connectivity index is 2.20.